The Morgan fingerprint density at radius 1 is 1.14 bits per heavy atom. The molecule has 1 aliphatic heterocycles. The van der Waals surface area contributed by atoms with Gasteiger partial charge in [0.2, 0.25) is 5.88 Å². The predicted octanol–water partition coefficient (Wildman–Crippen LogP) is 4.06. The molecule has 1 saturated heterocycles. The lowest BCUT2D eigenvalue weighted by Crippen LogP contribution is -2.36. The Hall–Kier alpha value is -3.69. The minimum Gasteiger partial charge on any atom is -0.480 e. The van der Waals surface area contributed by atoms with Crippen molar-refractivity contribution < 1.29 is 18.7 Å². The Balaban J connectivity index is 1.58. The van der Waals surface area contributed by atoms with Crippen LogP contribution in [0.4, 0.5) is 10.1 Å². The number of aldehydes is 1. The van der Waals surface area contributed by atoms with Gasteiger partial charge in [0.25, 0.3) is 0 Å². The molecule has 1 atom stereocenters. The predicted molar refractivity (Wildman–Crippen MR) is 129 cm³/mol. The van der Waals surface area contributed by atoms with E-state index in [9.17, 15) is 4.79 Å². The number of fused-ring (bicyclic) bond motifs is 1. The molecule has 2 aromatic heterocycles. The Kier molecular flexibility index (Phi) is 6.52. The van der Waals surface area contributed by atoms with Gasteiger partial charge in [0.15, 0.2) is 0 Å². The zero-order valence-corrected chi connectivity index (χ0v) is 19.6. The number of methoxy groups -OCH3 is 1. The van der Waals surface area contributed by atoms with Crippen molar-refractivity contribution in [2.24, 2.45) is 0 Å². The average molecular weight is 494 g/mol. The van der Waals surface area contributed by atoms with Gasteiger partial charge >= 0.3 is 0 Å². The van der Waals surface area contributed by atoms with Crippen LogP contribution in [0.2, 0.25) is 5.15 Å². The number of hydrogen-bond donors (Lipinski definition) is 0. The molecule has 178 valence electrons. The molecule has 35 heavy (non-hydrogen) atoms. The molecule has 0 N–H and O–H groups in total. The van der Waals surface area contributed by atoms with Crippen LogP contribution in [0.3, 0.4) is 0 Å². The Bertz CT molecular complexity index is 1400. The zero-order valence-electron chi connectivity index (χ0n) is 18.8. The third-order valence-electron chi connectivity index (χ3n) is 5.96. The highest BCUT2D eigenvalue weighted by molar-refractivity contribution is 6.29. The molecule has 5 rings (SSSR count). The van der Waals surface area contributed by atoms with Crippen LogP contribution in [0.1, 0.15) is 17.2 Å². The number of carbonyl (C=O) groups is 1. The van der Waals surface area contributed by atoms with Gasteiger partial charge in [0.05, 0.1) is 43.6 Å². The van der Waals surface area contributed by atoms with Crippen molar-refractivity contribution >= 4 is 34.5 Å². The summed E-state index contributed by atoms with van der Waals surface area (Å²) in [7, 11) is 1.43. The SMILES string of the molecule is COc1ncc(Cl)nc1C(C=O)c1ccc(F)c(-c2ncnc3cc(N4CCOCC4)ccc23)c1. The van der Waals surface area contributed by atoms with Crippen molar-refractivity contribution in [3.8, 4) is 17.1 Å². The topological polar surface area (TPSA) is 90.3 Å². The monoisotopic (exact) mass is 493 g/mol. The van der Waals surface area contributed by atoms with Crippen LogP contribution < -0.4 is 9.64 Å². The lowest BCUT2D eigenvalue weighted by atomic mass is 9.93. The number of halogens is 2. The van der Waals surface area contributed by atoms with Crippen molar-refractivity contribution in [1.82, 2.24) is 19.9 Å². The summed E-state index contributed by atoms with van der Waals surface area (Å²) in [6.45, 7) is 2.93. The highest BCUT2D eigenvalue weighted by atomic mass is 35.5. The molecule has 0 bridgehead atoms. The van der Waals surface area contributed by atoms with Crippen LogP contribution in [0.25, 0.3) is 22.2 Å². The van der Waals surface area contributed by atoms with E-state index < -0.39 is 11.7 Å². The zero-order chi connectivity index (χ0) is 24.4. The first-order valence-electron chi connectivity index (χ1n) is 11.0. The Labute approximate surface area is 205 Å². The van der Waals surface area contributed by atoms with Crippen molar-refractivity contribution in [1.29, 1.82) is 0 Å². The van der Waals surface area contributed by atoms with Crippen LogP contribution in [0.15, 0.2) is 48.9 Å². The summed E-state index contributed by atoms with van der Waals surface area (Å²) < 4.78 is 25.8. The summed E-state index contributed by atoms with van der Waals surface area (Å²) in [4.78, 5) is 31.5. The highest BCUT2D eigenvalue weighted by Gasteiger charge is 2.23. The Morgan fingerprint density at radius 2 is 1.97 bits per heavy atom. The molecule has 0 spiro atoms. The molecule has 0 amide bonds. The maximum atomic E-state index is 15.1. The Morgan fingerprint density at radius 3 is 2.74 bits per heavy atom. The number of nitrogens with zero attached hydrogens (tertiary/aromatic N) is 5. The van der Waals surface area contributed by atoms with Gasteiger partial charge in [-0.1, -0.05) is 17.7 Å². The van der Waals surface area contributed by atoms with Gasteiger partial charge in [-0.05, 0) is 35.9 Å². The van der Waals surface area contributed by atoms with Gasteiger partial charge in [-0.25, -0.2) is 24.3 Å². The molecule has 0 radical (unpaired) electrons. The third-order valence-corrected chi connectivity index (χ3v) is 6.14. The lowest BCUT2D eigenvalue weighted by Gasteiger charge is -2.29. The largest absolute Gasteiger partial charge is 0.480 e. The average Bonchev–Trinajstić information content (AvgIpc) is 2.90. The summed E-state index contributed by atoms with van der Waals surface area (Å²) in [5.74, 6) is -1.17. The quantitative estimate of drug-likeness (QED) is 0.371. The molecule has 1 aliphatic rings. The molecule has 1 fully saturated rings. The second-order valence-corrected chi connectivity index (χ2v) is 8.35. The number of ether oxygens (including phenoxy) is 2. The fraction of sp³-hybridized carbons (Fsp3) is 0.240. The fourth-order valence-corrected chi connectivity index (χ4v) is 4.37. The smallest absolute Gasteiger partial charge is 0.236 e. The molecule has 2 aromatic carbocycles. The van der Waals surface area contributed by atoms with Crippen LogP contribution in [-0.2, 0) is 9.53 Å². The van der Waals surface area contributed by atoms with Gasteiger partial charge in [0.1, 0.15) is 29.3 Å². The van der Waals surface area contributed by atoms with Gasteiger partial charge in [-0.15, -0.1) is 0 Å². The maximum Gasteiger partial charge on any atom is 0.236 e. The molecule has 4 aromatic rings. The van der Waals surface area contributed by atoms with E-state index in [1.165, 1.54) is 31.8 Å². The van der Waals surface area contributed by atoms with Gasteiger partial charge in [-0.2, -0.15) is 0 Å². The standard InChI is InChI=1S/C25H21ClFN5O3/c1-34-25-24(31-22(26)12-28-25)19(13-33)15-2-5-20(27)18(10-15)23-17-4-3-16(11-21(17)29-14-30-23)32-6-8-35-9-7-32/h2-5,10-14,19H,6-9H2,1H3. The van der Waals surface area contributed by atoms with E-state index in [0.29, 0.717) is 41.7 Å². The second kappa shape index (κ2) is 9.89. The van der Waals surface area contributed by atoms with Gasteiger partial charge in [-0.3, -0.25) is 0 Å². The first kappa shape index (κ1) is 23.1. The number of benzene rings is 2. The molecular formula is C25H21ClFN5O3. The highest BCUT2D eigenvalue weighted by Crippen LogP contribution is 2.34. The fourth-order valence-electron chi connectivity index (χ4n) is 4.23. The van der Waals surface area contributed by atoms with Gasteiger partial charge in [0, 0.05) is 29.7 Å². The number of anilines is 1. The van der Waals surface area contributed by atoms with Crippen molar-refractivity contribution in [2.75, 3.05) is 38.3 Å². The number of carbonyl (C=O) groups excluding carboxylic acids is 1. The number of rotatable bonds is 6. The molecule has 10 heteroatoms. The van der Waals surface area contributed by atoms with E-state index in [-0.39, 0.29) is 22.3 Å². The summed E-state index contributed by atoms with van der Waals surface area (Å²) >= 11 is 6.02. The van der Waals surface area contributed by atoms with Crippen LogP contribution >= 0.6 is 11.6 Å². The molecule has 8 nitrogen and oxygen atoms in total. The van der Waals surface area contributed by atoms with E-state index in [2.05, 4.69) is 24.8 Å². The van der Waals surface area contributed by atoms with Crippen molar-refractivity contribution in [3.05, 3.63) is 71.2 Å². The third kappa shape index (κ3) is 4.52. The van der Waals surface area contributed by atoms with E-state index in [1.807, 2.05) is 18.2 Å². The summed E-state index contributed by atoms with van der Waals surface area (Å²) in [6.07, 6.45) is 3.45. The number of morpholine rings is 1. The molecule has 1 unspecified atom stereocenters. The van der Waals surface area contributed by atoms with E-state index in [1.54, 1.807) is 6.07 Å². The first-order chi connectivity index (χ1) is 17.1. The number of aromatic nitrogens is 4. The first-order valence-corrected chi connectivity index (χ1v) is 11.4. The summed E-state index contributed by atoms with van der Waals surface area (Å²) in [5, 5.41) is 0.816. The molecule has 0 aliphatic carbocycles. The molecule has 0 saturated carbocycles. The van der Waals surface area contributed by atoms with Crippen molar-refractivity contribution in [2.45, 2.75) is 5.92 Å². The van der Waals surface area contributed by atoms with E-state index in [0.717, 1.165) is 18.8 Å². The van der Waals surface area contributed by atoms with Crippen LogP contribution in [-0.4, -0.2) is 59.6 Å². The minimum atomic E-state index is -0.864. The van der Waals surface area contributed by atoms with E-state index in [4.69, 9.17) is 21.1 Å². The summed E-state index contributed by atoms with van der Waals surface area (Å²) in [6, 6.07) is 10.3. The minimum absolute atomic E-state index is 0.118. The van der Waals surface area contributed by atoms with Crippen molar-refractivity contribution in [3.63, 3.8) is 0 Å². The lowest BCUT2D eigenvalue weighted by molar-refractivity contribution is -0.108. The van der Waals surface area contributed by atoms with Crippen LogP contribution in [0, 0.1) is 5.82 Å². The van der Waals surface area contributed by atoms with Crippen LogP contribution in [0.5, 0.6) is 5.88 Å². The second-order valence-electron chi connectivity index (χ2n) is 7.96. The van der Waals surface area contributed by atoms with Gasteiger partial charge < -0.3 is 19.2 Å². The maximum absolute atomic E-state index is 15.1. The summed E-state index contributed by atoms with van der Waals surface area (Å²) in [5.41, 5.74) is 3.13. The normalized spacial score (nSPS) is 14.7. The number of hydrogen-bond acceptors (Lipinski definition) is 8. The molecular weight excluding hydrogens is 473 g/mol. The molecule has 3 heterocycles. The van der Waals surface area contributed by atoms with E-state index >= 15 is 4.39 Å².